The molecule has 7 nitrogen and oxygen atoms in total. The summed E-state index contributed by atoms with van der Waals surface area (Å²) >= 11 is 0. The van der Waals surface area contributed by atoms with Gasteiger partial charge < -0.3 is 9.84 Å². The highest BCUT2D eigenvalue weighted by molar-refractivity contribution is 6.09. The highest BCUT2D eigenvalue weighted by Crippen LogP contribution is 2.60. The Labute approximate surface area is 223 Å². The van der Waals surface area contributed by atoms with E-state index in [1.807, 2.05) is 18.2 Å². The van der Waals surface area contributed by atoms with Crippen LogP contribution in [0.25, 0.3) is 0 Å². The number of ketones is 2. The number of Topliss-reactive ketones (excluding diaryl/α,β-unsaturated/α-hetero) is 1. The Bertz CT molecular complexity index is 1400. The zero-order chi connectivity index (χ0) is 26.4. The molecule has 3 aliphatic rings. The van der Waals surface area contributed by atoms with E-state index < -0.39 is 0 Å². The van der Waals surface area contributed by atoms with Gasteiger partial charge in [-0.15, -0.1) is 5.10 Å². The van der Waals surface area contributed by atoms with Crippen molar-refractivity contribution in [2.75, 3.05) is 7.11 Å². The molecule has 0 spiro atoms. The van der Waals surface area contributed by atoms with Crippen molar-refractivity contribution in [3.05, 3.63) is 70.5 Å². The van der Waals surface area contributed by atoms with E-state index in [1.54, 1.807) is 36.2 Å². The Kier molecular flexibility index (Phi) is 6.33. The molecule has 3 aliphatic carbocycles. The number of phenolic OH excluding ortho intramolecular Hbond substituents is 1. The Hall–Kier alpha value is -3.48. The van der Waals surface area contributed by atoms with Crippen molar-refractivity contribution in [3.8, 4) is 11.5 Å². The fourth-order valence-electron chi connectivity index (χ4n) is 7.71. The maximum Gasteiger partial charge on any atom is 0.218 e. The van der Waals surface area contributed by atoms with Crippen LogP contribution in [0.15, 0.2) is 42.6 Å². The molecule has 7 heteroatoms. The van der Waals surface area contributed by atoms with Gasteiger partial charge in [-0.2, -0.15) is 0 Å². The van der Waals surface area contributed by atoms with E-state index >= 15 is 0 Å². The molecule has 2 saturated carbocycles. The number of aromatic hydroxyl groups is 1. The summed E-state index contributed by atoms with van der Waals surface area (Å²) in [5, 5.41) is 18.8. The number of benzene rings is 2. The summed E-state index contributed by atoms with van der Waals surface area (Å²) in [5.74, 6) is 2.61. The van der Waals surface area contributed by atoms with E-state index in [0.717, 1.165) is 51.4 Å². The van der Waals surface area contributed by atoms with Gasteiger partial charge in [0.05, 0.1) is 18.9 Å². The van der Waals surface area contributed by atoms with Gasteiger partial charge in [-0.25, -0.2) is 0 Å². The zero-order valence-corrected chi connectivity index (χ0v) is 22.2. The minimum atomic E-state index is -0.212. The minimum absolute atomic E-state index is 0.137. The van der Waals surface area contributed by atoms with Gasteiger partial charge in [0, 0.05) is 18.4 Å². The molecule has 0 saturated heterocycles. The molecule has 1 N–H and O–H groups in total. The van der Waals surface area contributed by atoms with Crippen molar-refractivity contribution in [1.82, 2.24) is 15.0 Å². The van der Waals surface area contributed by atoms with Crippen LogP contribution in [0.3, 0.4) is 0 Å². The number of para-hydroxylation sites is 1. The number of carbonyl (C=O) groups is 2. The van der Waals surface area contributed by atoms with E-state index in [0.29, 0.717) is 52.8 Å². The van der Waals surface area contributed by atoms with Crippen LogP contribution in [0.4, 0.5) is 0 Å². The van der Waals surface area contributed by atoms with Gasteiger partial charge in [-0.3, -0.25) is 14.3 Å². The minimum Gasteiger partial charge on any atom is -0.508 e. The van der Waals surface area contributed by atoms with Gasteiger partial charge in [0.25, 0.3) is 0 Å². The van der Waals surface area contributed by atoms with Crippen LogP contribution in [-0.4, -0.2) is 38.8 Å². The molecule has 6 rings (SSSR count). The second-order valence-electron chi connectivity index (χ2n) is 11.5. The number of aryl methyl sites for hydroxylation is 3. The predicted octanol–water partition coefficient (Wildman–Crippen LogP) is 5.28. The van der Waals surface area contributed by atoms with Crippen molar-refractivity contribution in [2.45, 2.75) is 70.8 Å². The van der Waals surface area contributed by atoms with Crippen LogP contribution < -0.4 is 4.74 Å². The predicted molar refractivity (Wildman–Crippen MR) is 143 cm³/mol. The Balaban J connectivity index is 1.17. The van der Waals surface area contributed by atoms with E-state index in [9.17, 15) is 14.7 Å². The van der Waals surface area contributed by atoms with E-state index in [2.05, 4.69) is 17.2 Å². The second-order valence-corrected chi connectivity index (χ2v) is 11.5. The number of hydrogen-bond acceptors (Lipinski definition) is 6. The number of methoxy groups -OCH3 is 1. The average Bonchev–Trinajstić information content (AvgIpc) is 3.52. The summed E-state index contributed by atoms with van der Waals surface area (Å²) in [7, 11) is 1.55. The van der Waals surface area contributed by atoms with Crippen LogP contribution in [0.1, 0.15) is 84.1 Å². The van der Waals surface area contributed by atoms with E-state index in [-0.39, 0.29) is 11.2 Å². The lowest BCUT2D eigenvalue weighted by molar-refractivity contribution is -0.129. The van der Waals surface area contributed by atoms with Crippen molar-refractivity contribution in [3.63, 3.8) is 0 Å². The highest BCUT2D eigenvalue weighted by atomic mass is 16.5. The molecule has 0 bridgehead atoms. The first kappa shape index (κ1) is 24.8. The first-order valence-electron chi connectivity index (χ1n) is 13.8. The number of hydrogen-bond donors (Lipinski definition) is 1. The third kappa shape index (κ3) is 4.12. The zero-order valence-electron chi connectivity index (χ0n) is 22.2. The van der Waals surface area contributed by atoms with Crippen molar-refractivity contribution in [2.24, 2.45) is 17.3 Å². The standard InChI is InChI=1S/C31H35N3O4/c1-31-14-13-23-22(25(31)11-12-28(31)36)10-9-20-17-21(35)16-19(29(20)23)6-5-15-34-18-26(32-33-34)30(37)24-7-3-4-8-27(24)38-2/h3-4,7-8,16-18,22-23,25,35H,5-6,9-15H2,1-2H3. The van der Waals surface area contributed by atoms with Gasteiger partial charge in [-0.05, 0) is 104 Å². The van der Waals surface area contributed by atoms with Gasteiger partial charge >= 0.3 is 0 Å². The maximum absolute atomic E-state index is 12.9. The first-order valence-corrected chi connectivity index (χ1v) is 13.8. The lowest BCUT2D eigenvalue weighted by Crippen LogP contribution is -2.42. The monoisotopic (exact) mass is 513 g/mol. The molecule has 38 heavy (non-hydrogen) atoms. The van der Waals surface area contributed by atoms with Crippen LogP contribution in [0.5, 0.6) is 11.5 Å². The summed E-state index contributed by atoms with van der Waals surface area (Å²) in [6.45, 7) is 2.83. The summed E-state index contributed by atoms with van der Waals surface area (Å²) in [6.07, 6.45) is 9.19. The number of fused-ring (bicyclic) bond motifs is 5. The Morgan fingerprint density at radius 2 is 2.03 bits per heavy atom. The largest absolute Gasteiger partial charge is 0.508 e. The Morgan fingerprint density at radius 3 is 2.87 bits per heavy atom. The molecule has 1 heterocycles. The SMILES string of the molecule is COc1ccccc1C(=O)c1cn(CCCc2cc(O)cc3c2C2CCC4(C)C(=O)CCC4C2CC3)nn1. The highest BCUT2D eigenvalue weighted by Gasteiger charge is 2.54. The summed E-state index contributed by atoms with van der Waals surface area (Å²) in [4.78, 5) is 25.7. The lowest BCUT2D eigenvalue weighted by Gasteiger charge is -2.48. The number of rotatable bonds is 7. The third-order valence-corrected chi connectivity index (χ3v) is 9.56. The average molecular weight is 514 g/mol. The van der Waals surface area contributed by atoms with Crippen LogP contribution in [0, 0.1) is 17.3 Å². The fourth-order valence-corrected chi connectivity index (χ4v) is 7.71. The molecule has 3 aromatic rings. The van der Waals surface area contributed by atoms with Crippen molar-refractivity contribution < 1.29 is 19.4 Å². The van der Waals surface area contributed by atoms with Crippen molar-refractivity contribution in [1.29, 1.82) is 0 Å². The number of nitrogens with zero attached hydrogens (tertiary/aromatic N) is 3. The Morgan fingerprint density at radius 1 is 1.18 bits per heavy atom. The molecule has 1 aromatic heterocycles. The molecule has 0 amide bonds. The van der Waals surface area contributed by atoms with Gasteiger partial charge in [-0.1, -0.05) is 24.3 Å². The number of carbonyl (C=O) groups excluding carboxylic acids is 2. The molecular weight excluding hydrogens is 478 g/mol. The number of ether oxygens (including phenoxy) is 1. The molecule has 4 unspecified atom stereocenters. The summed E-state index contributed by atoms with van der Waals surface area (Å²) < 4.78 is 7.04. The molecule has 4 atom stereocenters. The number of phenols is 1. The molecule has 198 valence electrons. The van der Waals surface area contributed by atoms with Crippen LogP contribution in [-0.2, 0) is 24.2 Å². The quantitative estimate of drug-likeness (QED) is 0.432. The topological polar surface area (TPSA) is 94.3 Å². The molecule has 2 fully saturated rings. The van der Waals surface area contributed by atoms with Crippen molar-refractivity contribution >= 4 is 11.6 Å². The summed E-state index contributed by atoms with van der Waals surface area (Å²) in [6, 6.07) is 11.0. The summed E-state index contributed by atoms with van der Waals surface area (Å²) in [5.41, 5.74) is 4.54. The van der Waals surface area contributed by atoms with Gasteiger partial charge in [0.1, 0.15) is 17.3 Å². The van der Waals surface area contributed by atoms with Gasteiger partial charge in [0.2, 0.25) is 5.78 Å². The number of aromatic nitrogens is 3. The normalized spacial score (nSPS) is 25.9. The lowest BCUT2D eigenvalue weighted by atomic mass is 9.55. The van der Waals surface area contributed by atoms with Gasteiger partial charge in [0.15, 0.2) is 5.69 Å². The first-order chi connectivity index (χ1) is 18.4. The van der Waals surface area contributed by atoms with E-state index in [4.69, 9.17) is 4.74 Å². The second kappa shape index (κ2) is 9.68. The van der Waals surface area contributed by atoms with Crippen LogP contribution >= 0.6 is 0 Å². The third-order valence-electron chi connectivity index (χ3n) is 9.56. The molecule has 0 radical (unpaired) electrons. The molecular formula is C31H35N3O4. The van der Waals surface area contributed by atoms with Crippen LogP contribution in [0.2, 0.25) is 0 Å². The maximum atomic E-state index is 12.9. The smallest absolute Gasteiger partial charge is 0.218 e. The molecule has 0 aliphatic heterocycles. The molecule has 2 aromatic carbocycles. The van der Waals surface area contributed by atoms with E-state index in [1.165, 1.54) is 16.7 Å². The fraction of sp³-hybridized carbons (Fsp3) is 0.484.